The molecule has 0 aliphatic heterocycles. The summed E-state index contributed by atoms with van der Waals surface area (Å²) in [5.41, 5.74) is 5.20. The van der Waals surface area contributed by atoms with Crippen molar-refractivity contribution in [3.05, 3.63) is 47.6 Å². The van der Waals surface area contributed by atoms with E-state index in [2.05, 4.69) is 78.0 Å². The third-order valence-corrected chi connectivity index (χ3v) is 13.8. The Balaban J connectivity index is 1.53. The van der Waals surface area contributed by atoms with Gasteiger partial charge in [0.15, 0.2) is 0 Å². The highest BCUT2D eigenvalue weighted by Crippen LogP contribution is 2.84. The van der Waals surface area contributed by atoms with Crippen molar-refractivity contribution >= 4 is 0 Å². The average molecular weight is 527 g/mol. The first-order valence-corrected chi connectivity index (χ1v) is 17.3. The minimum absolute atomic E-state index is 0.418. The fourth-order valence-corrected chi connectivity index (χ4v) is 12.6. The van der Waals surface area contributed by atoms with Gasteiger partial charge in [-0.2, -0.15) is 0 Å². The van der Waals surface area contributed by atoms with E-state index in [0.29, 0.717) is 21.7 Å². The highest BCUT2D eigenvalue weighted by Gasteiger charge is 2.78. The minimum Gasteiger partial charge on any atom is -0.0882 e. The Morgan fingerprint density at radius 2 is 1.59 bits per heavy atom. The van der Waals surface area contributed by atoms with Crippen LogP contribution >= 0.6 is 0 Å². The van der Waals surface area contributed by atoms with Crippen LogP contribution in [0.2, 0.25) is 0 Å². The second-order valence-electron chi connectivity index (χ2n) is 17.2. The molecule has 0 aromatic rings. The normalized spacial score (nSPS) is 40.6. The van der Waals surface area contributed by atoms with Gasteiger partial charge in [-0.3, -0.25) is 0 Å². The molecule has 0 bridgehead atoms. The Morgan fingerprint density at radius 1 is 0.872 bits per heavy atom. The van der Waals surface area contributed by atoms with E-state index in [1.165, 1.54) is 83.5 Å². The first kappa shape index (κ1) is 26.8. The summed E-state index contributed by atoms with van der Waals surface area (Å²) in [5, 5.41) is 0. The summed E-state index contributed by atoms with van der Waals surface area (Å²) in [7, 11) is 0. The van der Waals surface area contributed by atoms with Crippen LogP contribution in [-0.4, -0.2) is 0 Å². The molecule has 0 aromatic heterocycles. The van der Waals surface area contributed by atoms with Crippen molar-refractivity contribution in [3.63, 3.8) is 0 Å². The van der Waals surface area contributed by atoms with Crippen molar-refractivity contribution < 1.29 is 0 Å². The second-order valence-corrected chi connectivity index (χ2v) is 17.2. The largest absolute Gasteiger partial charge is 0.0882 e. The van der Waals surface area contributed by atoms with Crippen molar-refractivity contribution in [2.24, 2.45) is 69.0 Å². The highest BCUT2D eigenvalue weighted by atomic mass is 14.8. The molecule has 0 aromatic carbocycles. The molecule has 0 N–H and O–H groups in total. The maximum atomic E-state index is 2.89. The van der Waals surface area contributed by atoms with Gasteiger partial charge in [-0.05, 0) is 166 Å². The van der Waals surface area contributed by atoms with Crippen LogP contribution in [0.1, 0.15) is 125 Å². The summed E-state index contributed by atoms with van der Waals surface area (Å²) in [4.78, 5) is 0. The van der Waals surface area contributed by atoms with Crippen molar-refractivity contribution in [3.8, 4) is 0 Å². The molecule has 7 aliphatic carbocycles. The minimum atomic E-state index is 0.418. The van der Waals surface area contributed by atoms with E-state index >= 15 is 0 Å². The summed E-state index contributed by atoms with van der Waals surface area (Å²) in [6.45, 7) is 15.6. The lowest BCUT2D eigenvalue weighted by molar-refractivity contribution is -0.201. The Hall–Kier alpha value is -1.04. The molecule has 8 unspecified atom stereocenters. The molecule has 0 heterocycles. The van der Waals surface area contributed by atoms with Crippen molar-refractivity contribution in [1.82, 2.24) is 0 Å². The van der Waals surface area contributed by atoms with Crippen LogP contribution in [0.25, 0.3) is 0 Å². The SMILES string of the molecule is CC1=CC(C(C2CC=CC2)(C2CC2C)C(C2C=CCC2)(C(C2C=C(C)CC(C)(C)C2)C2CC2)C2(C)CC2)CC1. The quantitative estimate of drug-likeness (QED) is 0.262. The maximum Gasteiger partial charge on any atom is -0.00765 e. The summed E-state index contributed by atoms with van der Waals surface area (Å²) in [6, 6.07) is 0. The van der Waals surface area contributed by atoms with Gasteiger partial charge in [-0.25, -0.2) is 0 Å². The summed E-state index contributed by atoms with van der Waals surface area (Å²) >= 11 is 0. The van der Waals surface area contributed by atoms with E-state index in [4.69, 9.17) is 0 Å². The van der Waals surface area contributed by atoms with Crippen LogP contribution in [-0.2, 0) is 0 Å². The zero-order chi connectivity index (χ0) is 27.2. The van der Waals surface area contributed by atoms with Crippen LogP contribution in [0.4, 0.5) is 0 Å². The predicted octanol–water partition coefficient (Wildman–Crippen LogP) is 11.1. The lowest BCUT2D eigenvalue weighted by Crippen LogP contribution is -2.64. The van der Waals surface area contributed by atoms with E-state index in [-0.39, 0.29) is 0 Å². The first-order valence-electron chi connectivity index (χ1n) is 17.3. The Bertz CT molecular complexity index is 1080. The van der Waals surface area contributed by atoms with E-state index < -0.39 is 0 Å². The van der Waals surface area contributed by atoms with Gasteiger partial charge in [-0.1, -0.05) is 75.3 Å². The van der Waals surface area contributed by atoms with Crippen molar-refractivity contribution in [2.45, 2.75) is 125 Å². The molecule has 0 heteroatoms. The molecule has 7 aliphatic rings. The van der Waals surface area contributed by atoms with Crippen LogP contribution in [0.5, 0.6) is 0 Å². The Kier molecular flexibility index (Phi) is 6.35. The van der Waals surface area contributed by atoms with Gasteiger partial charge >= 0.3 is 0 Å². The molecule has 0 amide bonds. The standard InChI is InChI=1S/C39H58/c1-26-15-18-33(22-26)38(34-23-28(34)3,31-11-7-8-12-31)39(37(6)19-20-37,32-13-9-10-14-32)35(29-16-17-29)30-21-27(2)24-36(4,5)25-30/h7-9,13,21-22,28-35H,10-12,14-20,23-25H2,1-6H3. The zero-order valence-electron chi connectivity index (χ0n) is 26.3. The molecule has 8 atom stereocenters. The van der Waals surface area contributed by atoms with E-state index in [1.807, 2.05) is 0 Å². The number of hydrogen-bond acceptors (Lipinski definition) is 0. The molecule has 7 rings (SSSR count). The summed E-state index contributed by atoms with van der Waals surface area (Å²) in [5.74, 6) is 6.80. The smallest absolute Gasteiger partial charge is 0.00765 e. The molecular weight excluding hydrogens is 468 g/mol. The molecule has 3 fully saturated rings. The fourth-order valence-electron chi connectivity index (χ4n) is 12.6. The van der Waals surface area contributed by atoms with Gasteiger partial charge in [0, 0.05) is 0 Å². The molecule has 0 radical (unpaired) electrons. The second kappa shape index (κ2) is 9.23. The number of hydrogen-bond donors (Lipinski definition) is 0. The Labute approximate surface area is 241 Å². The molecule has 0 saturated heterocycles. The molecular formula is C39H58. The van der Waals surface area contributed by atoms with E-state index in [0.717, 1.165) is 47.3 Å². The van der Waals surface area contributed by atoms with Gasteiger partial charge in [0.1, 0.15) is 0 Å². The maximum absolute atomic E-state index is 2.89. The lowest BCUT2D eigenvalue weighted by Gasteiger charge is -2.68. The van der Waals surface area contributed by atoms with Crippen LogP contribution < -0.4 is 0 Å². The first-order chi connectivity index (χ1) is 18.6. The van der Waals surface area contributed by atoms with Gasteiger partial charge in [0.05, 0.1) is 0 Å². The highest BCUT2D eigenvalue weighted by molar-refractivity contribution is 5.33. The predicted molar refractivity (Wildman–Crippen MR) is 166 cm³/mol. The van der Waals surface area contributed by atoms with Gasteiger partial charge in [0.25, 0.3) is 0 Å². The number of allylic oxidation sites excluding steroid dienone is 8. The average Bonchev–Trinajstić information content (AvgIpc) is 3.79. The number of rotatable bonds is 9. The fraction of sp³-hybridized carbons (Fsp3) is 0.795. The molecule has 39 heavy (non-hydrogen) atoms. The van der Waals surface area contributed by atoms with E-state index in [9.17, 15) is 0 Å². The van der Waals surface area contributed by atoms with Crippen LogP contribution in [0, 0.1) is 69.0 Å². The third-order valence-electron chi connectivity index (χ3n) is 13.8. The van der Waals surface area contributed by atoms with Gasteiger partial charge in [0.2, 0.25) is 0 Å². The van der Waals surface area contributed by atoms with Crippen LogP contribution in [0.3, 0.4) is 0 Å². The molecule has 0 spiro atoms. The molecule has 214 valence electrons. The Morgan fingerprint density at radius 3 is 2.10 bits per heavy atom. The topological polar surface area (TPSA) is 0 Å². The monoisotopic (exact) mass is 526 g/mol. The lowest BCUT2D eigenvalue weighted by atomic mass is 9.35. The third kappa shape index (κ3) is 4.02. The van der Waals surface area contributed by atoms with E-state index in [1.54, 1.807) is 11.1 Å². The summed E-state index contributed by atoms with van der Waals surface area (Å²) in [6.07, 6.45) is 34.9. The van der Waals surface area contributed by atoms with Crippen molar-refractivity contribution in [2.75, 3.05) is 0 Å². The molecule has 0 nitrogen and oxygen atoms in total. The van der Waals surface area contributed by atoms with Crippen LogP contribution in [0.15, 0.2) is 47.6 Å². The summed E-state index contributed by atoms with van der Waals surface area (Å²) < 4.78 is 0. The zero-order valence-corrected chi connectivity index (χ0v) is 26.3. The van der Waals surface area contributed by atoms with Gasteiger partial charge < -0.3 is 0 Å². The van der Waals surface area contributed by atoms with Crippen molar-refractivity contribution in [1.29, 1.82) is 0 Å². The van der Waals surface area contributed by atoms with Gasteiger partial charge in [-0.15, -0.1) is 0 Å². The molecule has 3 saturated carbocycles.